The van der Waals surface area contributed by atoms with Crippen molar-refractivity contribution in [2.45, 2.75) is 13.0 Å². The van der Waals surface area contributed by atoms with Crippen molar-refractivity contribution in [2.75, 3.05) is 6.54 Å². The highest BCUT2D eigenvalue weighted by Gasteiger charge is 1.98. The fraction of sp³-hybridized carbons (Fsp3) is 0.167. The zero-order valence-corrected chi connectivity index (χ0v) is 12.7. The quantitative estimate of drug-likeness (QED) is 0.562. The van der Waals surface area contributed by atoms with Crippen molar-refractivity contribution in [3.63, 3.8) is 0 Å². The summed E-state index contributed by atoms with van der Waals surface area (Å²) in [5.41, 5.74) is 1.70. The summed E-state index contributed by atoms with van der Waals surface area (Å²) in [7, 11) is 0. The van der Waals surface area contributed by atoms with Gasteiger partial charge in [0.2, 0.25) is 5.91 Å². The Bertz CT molecular complexity index is 809. The molecule has 0 bridgehead atoms. The van der Waals surface area contributed by atoms with E-state index in [2.05, 4.69) is 15.3 Å². The smallest absolute Gasteiger partial charge is 0.244 e. The molecule has 2 heterocycles. The van der Waals surface area contributed by atoms with Crippen molar-refractivity contribution in [3.8, 4) is 0 Å². The van der Waals surface area contributed by atoms with Crippen molar-refractivity contribution in [1.82, 2.24) is 19.9 Å². The lowest BCUT2D eigenvalue weighted by Crippen LogP contribution is -2.23. The normalized spacial score (nSPS) is 11.1. The van der Waals surface area contributed by atoms with Crippen LogP contribution in [0.1, 0.15) is 12.1 Å². The van der Waals surface area contributed by atoms with Crippen LogP contribution in [0, 0.1) is 0 Å². The van der Waals surface area contributed by atoms with Crippen LogP contribution in [0.5, 0.6) is 0 Å². The second kappa shape index (κ2) is 7.35. The summed E-state index contributed by atoms with van der Waals surface area (Å²) in [6.45, 7) is 1.47. The number of amides is 1. The average molecular weight is 306 g/mol. The number of imidazole rings is 1. The maximum absolute atomic E-state index is 11.8. The predicted molar refractivity (Wildman–Crippen MR) is 90.6 cm³/mol. The van der Waals surface area contributed by atoms with Gasteiger partial charge >= 0.3 is 0 Å². The van der Waals surface area contributed by atoms with Gasteiger partial charge in [0.1, 0.15) is 0 Å². The first kappa shape index (κ1) is 15.0. The van der Waals surface area contributed by atoms with Crippen LogP contribution in [0.15, 0.2) is 61.2 Å². The highest BCUT2D eigenvalue weighted by molar-refractivity contribution is 5.91. The summed E-state index contributed by atoms with van der Waals surface area (Å²) >= 11 is 0. The molecule has 1 aromatic carbocycles. The number of hydrogen-bond donors (Lipinski definition) is 1. The summed E-state index contributed by atoms with van der Waals surface area (Å²) in [4.78, 5) is 20.3. The minimum absolute atomic E-state index is 0.106. The second-order valence-electron chi connectivity index (χ2n) is 5.21. The zero-order chi connectivity index (χ0) is 15.9. The number of aryl methyl sites for hydroxylation is 1. The maximum Gasteiger partial charge on any atom is 0.244 e. The molecule has 0 radical (unpaired) electrons. The molecule has 3 aromatic rings. The van der Waals surface area contributed by atoms with E-state index in [1.54, 1.807) is 18.6 Å². The summed E-state index contributed by atoms with van der Waals surface area (Å²) in [6, 6.07) is 11.8. The molecular weight excluding hydrogens is 288 g/mol. The summed E-state index contributed by atoms with van der Waals surface area (Å²) < 4.78 is 1.99. The minimum Gasteiger partial charge on any atom is -0.352 e. The summed E-state index contributed by atoms with van der Waals surface area (Å²) in [5, 5.41) is 3.96. The Kier molecular flexibility index (Phi) is 4.79. The second-order valence-corrected chi connectivity index (χ2v) is 5.21. The van der Waals surface area contributed by atoms with Crippen molar-refractivity contribution in [1.29, 1.82) is 0 Å². The van der Waals surface area contributed by atoms with Crippen molar-refractivity contribution >= 4 is 22.9 Å². The van der Waals surface area contributed by atoms with E-state index in [1.165, 1.54) is 6.08 Å². The average Bonchev–Trinajstić information content (AvgIpc) is 3.10. The molecule has 0 atom stereocenters. The molecule has 3 rings (SSSR count). The molecule has 5 nitrogen and oxygen atoms in total. The molecule has 0 unspecified atom stereocenters. The molecular formula is C18H18N4O. The summed E-state index contributed by atoms with van der Waals surface area (Å²) in [6.07, 6.45) is 9.55. The monoisotopic (exact) mass is 306 g/mol. The lowest BCUT2D eigenvalue weighted by molar-refractivity contribution is -0.116. The lowest BCUT2D eigenvalue weighted by atomic mass is 10.2. The van der Waals surface area contributed by atoms with Crippen LogP contribution in [0.3, 0.4) is 0 Å². The van der Waals surface area contributed by atoms with E-state index < -0.39 is 0 Å². The van der Waals surface area contributed by atoms with Crippen molar-refractivity contribution in [2.24, 2.45) is 0 Å². The first-order chi connectivity index (χ1) is 11.3. The van der Waals surface area contributed by atoms with Crippen LogP contribution < -0.4 is 5.32 Å². The van der Waals surface area contributed by atoms with Crippen molar-refractivity contribution < 1.29 is 4.79 Å². The fourth-order valence-corrected chi connectivity index (χ4v) is 2.29. The van der Waals surface area contributed by atoms with Gasteiger partial charge in [-0.15, -0.1) is 0 Å². The highest BCUT2D eigenvalue weighted by atomic mass is 16.1. The number of hydrogen-bond acceptors (Lipinski definition) is 3. The number of nitrogens with one attached hydrogen (secondary N) is 1. The highest BCUT2D eigenvalue weighted by Crippen LogP contribution is 2.12. The molecule has 1 N–H and O–H groups in total. The number of benzene rings is 1. The molecule has 0 saturated carbocycles. The molecule has 2 aromatic heterocycles. The van der Waals surface area contributed by atoms with Gasteiger partial charge in [0.05, 0.1) is 17.5 Å². The standard InChI is InChI=1S/C18H18N4O/c23-18(20-10-3-12-22-13-11-19-14-22)9-8-16-7-6-15-4-1-2-5-17(15)21-16/h1-2,4-9,11,13-14H,3,10,12H2,(H,20,23). The summed E-state index contributed by atoms with van der Waals surface area (Å²) in [5.74, 6) is -0.106. The van der Waals surface area contributed by atoms with E-state index in [9.17, 15) is 4.79 Å². The van der Waals surface area contributed by atoms with E-state index in [4.69, 9.17) is 0 Å². The predicted octanol–water partition coefficient (Wildman–Crippen LogP) is 2.65. The van der Waals surface area contributed by atoms with Gasteiger partial charge in [-0.05, 0) is 24.6 Å². The number of rotatable bonds is 6. The Morgan fingerprint density at radius 1 is 1.22 bits per heavy atom. The Morgan fingerprint density at radius 2 is 2.13 bits per heavy atom. The maximum atomic E-state index is 11.8. The van der Waals surface area contributed by atoms with Gasteiger partial charge in [-0.1, -0.05) is 24.3 Å². The molecule has 23 heavy (non-hydrogen) atoms. The number of carbonyl (C=O) groups is 1. The fourth-order valence-electron chi connectivity index (χ4n) is 2.29. The third kappa shape index (κ3) is 4.26. The van der Waals surface area contributed by atoms with Crippen LogP contribution in [-0.2, 0) is 11.3 Å². The van der Waals surface area contributed by atoms with Crippen LogP contribution in [0.2, 0.25) is 0 Å². The Hall–Kier alpha value is -2.95. The number of fused-ring (bicyclic) bond motifs is 1. The first-order valence-electron chi connectivity index (χ1n) is 7.59. The van der Waals surface area contributed by atoms with E-state index in [-0.39, 0.29) is 5.91 Å². The largest absolute Gasteiger partial charge is 0.352 e. The van der Waals surface area contributed by atoms with Crippen LogP contribution in [-0.4, -0.2) is 27.0 Å². The Morgan fingerprint density at radius 3 is 3.00 bits per heavy atom. The van der Waals surface area contributed by atoms with Crippen LogP contribution in [0.25, 0.3) is 17.0 Å². The Balaban J connectivity index is 1.49. The number of nitrogens with zero attached hydrogens (tertiary/aromatic N) is 3. The molecule has 0 aliphatic rings. The number of carbonyl (C=O) groups excluding carboxylic acids is 1. The van der Waals surface area contributed by atoms with E-state index in [0.29, 0.717) is 6.54 Å². The number of aromatic nitrogens is 3. The molecule has 0 fully saturated rings. The van der Waals surface area contributed by atoms with Gasteiger partial charge in [0.15, 0.2) is 0 Å². The van der Waals surface area contributed by atoms with Gasteiger partial charge in [0, 0.05) is 36.9 Å². The van der Waals surface area contributed by atoms with Crippen molar-refractivity contribution in [3.05, 3.63) is 66.9 Å². The van der Waals surface area contributed by atoms with Gasteiger partial charge in [0.25, 0.3) is 0 Å². The molecule has 0 aliphatic heterocycles. The Labute approximate surface area is 134 Å². The minimum atomic E-state index is -0.106. The SMILES string of the molecule is O=C(C=Cc1ccc2ccccc2n1)NCCCn1ccnc1. The molecule has 1 amide bonds. The van der Waals surface area contributed by atoms with Gasteiger partial charge in [-0.3, -0.25) is 4.79 Å². The van der Waals surface area contributed by atoms with E-state index >= 15 is 0 Å². The van der Waals surface area contributed by atoms with E-state index in [0.717, 1.165) is 29.6 Å². The topological polar surface area (TPSA) is 59.8 Å². The van der Waals surface area contributed by atoms with Crippen LogP contribution >= 0.6 is 0 Å². The van der Waals surface area contributed by atoms with Gasteiger partial charge in [-0.25, -0.2) is 9.97 Å². The zero-order valence-electron chi connectivity index (χ0n) is 12.7. The van der Waals surface area contributed by atoms with E-state index in [1.807, 2.05) is 47.2 Å². The number of para-hydroxylation sites is 1. The molecule has 0 spiro atoms. The lowest BCUT2D eigenvalue weighted by Gasteiger charge is -2.03. The molecule has 0 saturated heterocycles. The van der Waals surface area contributed by atoms with Crippen LogP contribution in [0.4, 0.5) is 0 Å². The third-order valence-electron chi connectivity index (χ3n) is 3.48. The van der Waals surface area contributed by atoms with Gasteiger partial charge < -0.3 is 9.88 Å². The number of pyridine rings is 1. The molecule has 5 heteroatoms. The third-order valence-corrected chi connectivity index (χ3v) is 3.48. The molecule has 116 valence electrons. The first-order valence-corrected chi connectivity index (χ1v) is 7.59. The molecule has 0 aliphatic carbocycles. The van der Waals surface area contributed by atoms with Gasteiger partial charge in [-0.2, -0.15) is 0 Å².